The van der Waals surface area contributed by atoms with E-state index >= 15 is 0 Å². The van der Waals surface area contributed by atoms with E-state index in [1.165, 1.54) is 12.8 Å². The Hall–Kier alpha value is -2.17. The SMILES string of the molecule is Cc1nc(N2CCC(C)CC2)nc2c1C(=O)CC(c1ccco1)C2. The fraction of sp³-hybridized carbons (Fsp3) is 0.526. The lowest BCUT2D eigenvalue weighted by Gasteiger charge is -2.31. The third-order valence-corrected chi connectivity index (χ3v) is 5.32. The standard InChI is InChI=1S/C19H23N3O2/c1-12-5-7-22(8-6-12)19-20-13(2)18-15(21-19)10-14(11-16(18)23)17-4-3-9-24-17/h3-4,9,12,14H,5-8,10-11H2,1-2H3. The van der Waals surface area contributed by atoms with Gasteiger partial charge in [0.05, 0.1) is 23.2 Å². The topological polar surface area (TPSA) is 59.2 Å². The van der Waals surface area contributed by atoms with Crippen molar-refractivity contribution in [3.8, 4) is 0 Å². The molecule has 1 aliphatic heterocycles. The fourth-order valence-electron chi connectivity index (χ4n) is 3.83. The van der Waals surface area contributed by atoms with Crippen molar-refractivity contribution in [1.82, 2.24) is 9.97 Å². The highest BCUT2D eigenvalue weighted by atomic mass is 16.3. The number of aryl methyl sites for hydroxylation is 1. The van der Waals surface area contributed by atoms with Crippen LogP contribution in [0.5, 0.6) is 0 Å². The Labute approximate surface area is 142 Å². The molecule has 2 aromatic rings. The minimum atomic E-state index is 0.0866. The van der Waals surface area contributed by atoms with E-state index < -0.39 is 0 Å². The van der Waals surface area contributed by atoms with Crippen molar-refractivity contribution < 1.29 is 9.21 Å². The predicted octanol–water partition coefficient (Wildman–Crippen LogP) is 3.53. The number of furan rings is 1. The second-order valence-corrected chi connectivity index (χ2v) is 7.14. The molecule has 5 nitrogen and oxygen atoms in total. The molecular formula is C19H23N3O2. The van der Waals surface area contributed by atoms with Crippen LogP contribution in [0.4, 0.5) is 5.95 Å². The molecule has 1 fully saturated rings. The van der Waals surface area contributed by atoms with E-state index in [1.54, 1.807) is 6.26 Å². The van der Waals surface area contributed by atoms with Gasteiger partial charge in [-0.25, -0.2) is 9.97 Å². The summed E-state index contributed by atoms with van der Waals surface area (Å²) in [4.78, 5) is 24.3. The third-order valence-electron chi connectivity index (χ3n) is 5.32. The number of ketones is 1. The van der Waals surface area contributed by atoms with Crippen LogP contribution < -0.4 is 4.90 Å². The van der Waals surface area contributed by atoms with Crippen LogP contribution in [0.3, 0.4) is 0 Å². The smallest absolute Gasteiger partial charge is 0.225 e. The summed E-state index contributed by atoms with van der Waals surface area (Å²) in [6, 6.07) is 3.82. The van der Waals surface area contributed by atoms with Crippen molar-refractivity contribution in [2.75, 3.05) is 18.0 Å². The zero-order valence-electron chi connectivity index (χ0n) is 14.3. The molecule has 1 aliphatic carbocycles. The lowest BCUT2D eigenvalue weighted by molar-refractivity contribution is 0.0958. The molecule has 0 spiro atoms. The van der Waals surface area contributed by atoms with Crippen molar-refractivity contribution in [1.29, 1.82) is 0 Å². The van der Waals surface area contributed by atoms with E-state index in [0.717, 1.165) is 54.1 Å². The summed E-state index contributed by atoms with van der Waals surface area (Å²) in [5, 5.41) is 0. The van der Waals surface area contributed by atoms with Crippen LogP contribution in [-0.4, -0.2) is 28.8 Å². The van der Waals surface area contributed by atoms with E-state index in [2.05, 4.69) is 16.8 Å². The number of Topliss-reactive ketones (excluding diaryl/α,β-unsaturated/α-hetero) is 1. The van der Waals surface area contributed by atoms with Gasteiger partial charge in [0.15, 0.2) is 5.78 Å². The van der Waals surface area contributed by atoms with Crippen LogP contribution in [0.1, 0.15) is 59.6 Å². The van der Waals surface area contributed by atoms with Gasteiger partial charge in [0.2, 0.25) is 5.95 Å². The van der Waals surface area contributed by atoms with E-state index in [-0.39, 0.29) is 11.7 Å². The van der Waals surface area contributed by atoms with Crippen LogP contribution in [0.15, 0.2) is 22.8 Å². The third kappa shape index (κ3) is 2.72. The number of anilines is 1. The molecule has 1 saturated heterocycles. The van der Waals surface area contributed by atoms with Crippen LogP contribution in [0.25, 0.3) is 0 Å². The highest BCUT2D eigenvalue weighted by Gasteiger charge is 2.32. The molecule has 0 N–H and O–H groups in total. The van der Waals surface area contributed by atoms with Crippen molar-refractivity contribution in [3.05, 3.63) is 41.1 Å². The molecule has 1 unspecified atom stereocenters. The molecule has 0 amide bonds. The zero-order chi connectivity index (χ0) is 16.7. The fourth-order valence-corrected chi connectivity index (χ4v) is 3.83. The van der Waals surface area contributed by atoms with Gasteiger partial charge in [0, 0.05) is 31.8 Å². The summed E-state index contributed by atoms with van der Waals surface area (Å²) in [7, 11) is 0. The van der Waals surface area contributed by atoms with Gasteiger partial charge in [-0.1, -0.05) is 6.92 Å². The van der Waals surface area contributed by atoms with Crippen LogP contribution in [0.2, 0.25) is 0 Å². The molecule has 0 saturated carbocycles. The lowest BCUT2D eigenvalue weighted by atomic mass is 9.84. The molecule has 0 bridgehead atoms. The second kappa shape index (κ2) is 6.04. The van der Waals surface area contributed by atoms with Crippen LogP contribution in [0, 0.1) is 12.8 Å². The van der Waals surface area contributed by atoms with Crippen molar-refractivity contribution in [2.45, 2.75) is 45.4 Å². The van der Waals surface area contributed by atoms with E-state index in [9.17, 15) is 4.79 Å². The number of hydrogen-bond donors (Lipinski definition) is 0. The van der Waals surface area contributed by atoms with Crippen molar-refractivity contribution in [2.24, 2.45) is 5.92 Å². The average Bonchev–Trinajstić information content (AvgIpc) is 3.09. The van der Waals surface area contributed by atoms with E-state index in [1.807, 2.05) is 19.1 Å². The Morgan fingerprint density at radius 2 is 2.00 bits per heavy atom. The molecule has 2 aromatic heterocycles. The molecule has 3 heterocycles. The summed E-state index contributed by atoms with van der Waals surface area (Å²) >= 11 is 0. The number of nitrogens with zero attached hydrogens (tertiary/aromatic N) is 3. The van der Waals surface area contributed by atoms with Gasteiger partial charge < -0.3 is 9.32 Å². The summed E-state index contributed by atoms with van der Waals surface area (Å²) in [5.74, 6) is 2.65. The second-order valence-electron chi connectivity index (χ2n) is 7.14. The molecule has 126 valence electrons. The molecule has 0 aromatic carbocycles. The monoisotopic (exact) mass is 325 g/mol. The van der Waals surface area contributed by atoms with Gasteiger partial charge in [-0.05, 0) is 37.8 Å². The molecule has 0 radical (unpaired) electrons. The summed E-state index contributed by atoms with van der Waals surface area (Å²) in [6.07, 6.45) is 5.24. The Bertz CT molecular complexity index is 746. The molecular weight excluding hydrogens is 302 g/mol. The number of carbonyl (C=O) groups is 1. The number of rotatable bonds is 2. The summed E-state index contributed by atoms with van der Waals surface area (Å²) < 4.78 is 5.52. The van der Waals surface area contributed by atoms with E-state index in [4.69, 9.17) is 9.40 Å². The van der Waals surface area contributed by atoms with Gasteiger partial charge in [-0.15, -0.1) is 0 Å². The predicted molar refractivity (Wildman–Crippen MR) is 91.5 cm³/mol. The largest absolute Gasteiger partial charge is 0.469 e. The average molecular weight is 325 g/mol. The van der Waals surface area contributed by atoms with Gasteiger partial charge in [-0.3, -0.25) is 4.79 Å². The Kier molecular flexibility index (Phi) is 3.87. The Morgan fingerprint density at radius 1 is 1.21 bits per heavy atom. The highest BCUT2D eigenvalue weighted by molar-refractivity contribution is 5.99. The first-order chi connectivity index (χ1) is 11.6. The quantitative estimate of drug-likeness (QED) is 0.845. The summed E-state index contributed by atoms with van der Waals surface area (Å²) in [6.45, 7) is 6.22. The minimum Gasteiger partial charge on any atom is -0.469 e. The first kappa shape index (κ1) is 15.4. The van der Waals surface area contributed by atoms with Gasteiger partial charge >= 0.3 is 0 Å². The normalized spacial score (nSPS) is 21.8. The number of aromatic nitrogens is 2. The Balaban J connectivity index is 1.66. The molecule has 1 atom stereocenters. The minimum absolute atomic E-state index is 0.0866. The van der Waals surface area contributed by atoms with Crippen molar-refractivity contribution >= 4 is 11.7 Å². The first-order valence-corrected chi connectivity index (χ1v) is 8.81. The highest BCUT2D eigenvalue weighted by Crippen LogP contribution is 2.34. The van der Waals surface area contributed by atoms with Gasteiger partial charge in [0.25, 0.3) is 0 Å². The molecule has 2 aliphatic rings. The zero-order valence-corrected chi connectivity index (χ0v) is 14.3. The maximum atomic E-state index is 12.6. The Morgan fingerprint density at radius 3 is 2.71 bits per heavy atom. The number of carbonyl (C=O) groups excluding carboxylic acids is 1. The lowest BCUT2D eigenvalue weighted by Crippen LogP contribution is -2.35. The number of fused-ring (bicyclic) bond motifs is 1. The molecule has 5 heteroatoms. The first-order valence-electron chi connectivity index (χ1n) is 8.81. The summed E-state index contributed by atoms with van der Waals surface area (Å²) in [5.41, 5.74) is 2.43. The van der Waals surface area contributed by atoms with Gasteiger partial charge in [-0.2, -0.15) is 0 Å². The number of piperidine rings is 1. The maximum Gasteiger partial charge on any atom is 0.225 e. The van der Waals surface area contributed by atoms with E-state index in [0.29, 0.717) is 6.42 Å². The number of hydrogen-bond acceptors (Lipinski definition) is 5. The maximum absolute atomic E-state index is 12.6. The van der Waals surface area contributed by atoms with Crippen LogP contribution >= 0.6 is 0 Å². The molecule has 24 heavy (non-hydrogen) atoms. The van der Waals surface area contributed by atoms with Gasteiger partial charge in [0.1, 0.15) is 5.76 Å². The van der Waals surface area contributed by atoms with Crippen molar-refractivity contribution in [3.63, 3.8) is 0 Å². The van der Waals surface area contributed by atoms with Crippen LogP contribution in [-0.2, 0) is 6.42 Å². The molecule has 4 rings (SSSR count).